The Kier molecular flexibility index (Phi) is 12.7. The Labute approximate surface area is 238 Å². The van der Waals surface area contributed by atoms with E-state index in [1.165, 1.54) is 0 Å². The topological polar surface area (TPSA) is 38.7 Å². The van der Waals surface area contributed by atoms with Gasteiger partial charge in [0.1, 0.15) is 17.2 Å². The van der Waals surface area contributed by atoms with Crippen LogP contribution < -0.4 is 9.47 Å². The van der Waals surface area contributed by atoms with Gasteiger partial charge in [0.2, 0.25) is 0 Å². The number of hydrogen-bond acceptors (Lipinski definition) is 3. The van der Waals surface area contributed by atoms with Gasteiger partial charge in [-0.2, -0.15) is 0 Å². The molecular weight excluding hydrogens is 799 g/mol. The van der Waals surface area contributed by atoms with Crippen LogP contribution in [0.4, 0.5) is 0 Å². The maximum absolute atomic E-state index is 8.98. The summed E-state index contributed by atoms with van der Waals surface area (Å²) in [5.41, 5.74) is 0. The average Bonchev–Trinajstić information content (AvgIpc) is 2.71. The van der Waals surface area contributed by atoms with E-state index < -0.39 is 0 Å². The van der Waals surface area contributed by atoms with Gasteiger partial charge in [0.15, 0.2) is 0 Å². The number of benzene rings is 3. The Hall–Kier alpha value is 0.120. The summed E-state index contributed by atoms with van der Waals surface area (Å²) in [6.07, 6.45) is 1.87. The summed E-state index contributed by atoms with van der Waals surface area (Å²) in [7, 11) is 0. The smallest absolute Gasteiger partial charge is 0.132 e. The zero-order valence-corrected chi connectivity index (χ0v) is 24.8. The van der Waals surface area contributed by atoms with Crippen molar-refractivity contribution in [2.45, 2.75) is 12.8 Å². The highest BCUT2D eigenvalue weighted by molar-refractivity contribution is 14.1. The molecular formula is C22H18Cl3I3O3. The van der Waals surface area contributed by atoms with Gasteiger partial charge in [-0.05, 0) is 135 Å². The van der Waals surface area contributed by atoms with E-state index in [1.807, 2.05) is 59.0 Å². The van der Waals surface area contributed by atoms with Crippen molar-refractivity contribution < 1.29 is 14.6 Å². The van der Waals surface area contributed by atoms with Crippen molar-refractivity contribution in [3.05, 3.63) is 80.4 Å². The van der Waals surface area contributed by atoms with Crippen molar-refractivity contribution >= 4 is 103 Å². The number of ether oxygens (including phenoxy) is 2. The molecule has 3 rings (SSSR count). The highest BCUT2D eigenvalue weighted by Gasteiger charge is 2.03. The summed E-state index contributed by atoms with van der Waals surface area (Å²) in [5.74, 6) is 2.02. The molecule has 3 aromatic carbocycles. The van der Waals surface area contributed by atoms with Gasteiger partial charge in [-0.1, -0.05) is 34.8 Å². The van der Waals surface area contributed by atoms with E-state index in [-0.39, 0.29) is 5.75 Å². The Morgan fingerprint density at radius 1 is 0.613 bits per heavy atom. The lowest BCUT2D eigenvalue weighted by Gasteiger charge is -2.10. The van der Waals surface area contributed by atoms with Crippen LogP contribution in [0.3, 0.4) is 0 Å². The number of halogens is 6. The third-order valence-electron chi connectivity index (χ3n) is 3.75. The van der Waals surface area contributed by atoms with Gasteiger partial charge in [-0.3, -0.25) is 0 Å². The standard InChI is InChI=1S/C16H14Cl2I2O2.C6H4ClIO/c17-11-3-5-15(13(19)9-11)21-7-1-2-8-22-16-6-4-12(18)10-14(16)20;7-4-1-2-6(9)5(8)3-4/h3-6,9-10H,1-2,7-8H2;1-3,9H. The molecule has 0 spiro atoms. The Bertz CT molecular complexity index is 947. The van der Waals surface area contributed by atoms with Crippen LogP contribution in [0.5, 0.6) is 17.2 Å². The second-order valence-electron chi connectivity index (χ2n) is 6.15. The first-order chi connectivity index (χ1) is 14.8. The number of hydrogen-bond donors (Lipinski definition) is 1. The second kappa shape index (κ2) is 14.4. The van der Waals surface area contributed by atoms with Crippen LogP contribution in [0, 0.1) is 10.7 Å². The van der Waals surface area contributed by atoms with Crippen molar-refractivity contribution in [3.63, 3.8) is 0 Å². The molecule has 0 heterocycles. The zero-order chi connectivity index (χ0) is 22.8. The normalized spacial score (nSPS) is 10.3. The molecule has 0 aliphatic carbocycles. The molecule has 31 heavy (non-hydrogen) atoms. The van der Waals surface area contributed by atoms with Crippen LogP contribution in [0.2, 0.25) is 15.1 Å². The molecule has 0 amide bonds. The summed E-state index contributed by atoms with van der Waals surface area (Å²) in [6.45, 7) is 1.33. The molecule has 9 heteroatoms. The number of phenols is 1. The number of aromatic hydroxyl groups is 1. The van der Waals surface area contributed by atoms with Crippen molar-refractivity contribution in [1.29, 1.82) is 0 Å². The second-order valence-corrected chi connectivity index (χ2v) is 10.9. The predicted molar refractivity (Wildman–Crippen MR) is 154 cm³/mol. The first-order valence-corrected chi connectivity index (χ1v) is 13.4. The van der Waals surface area contributed by atoms with Gasteiger partial charge >= 0.3 is 0 Å². The fourth-order valence-corrected chi connectivity index (χ4v) is 5.16. The minimum absolute atomic E-state index is 0.278. The van der Waals surface area contributed by atoms with Gasteiger partial charge in [-0.25, -0.2) is 0 Å². The summed E-state index contributed by atoms with van der Waals surface area (Å²) < 4.78 is 14.3. The molecule has 3 aromatic rings. The largest absolute Gasteiger partial charge is 0.507 e. The fraction of sp³-hybridized carbons (Fsp3) is 0.182. The Morgan fingerprint density at radius 2 is 1.00 bits per heavy atom. The summed E-state index contributed by atoms with van der Waals surface area (Å²) in [6, 6.07) is 16.2. The lowest BCUT2D eigenvalue weighted by Crippen LogP contribution is -2.03. The van der Waals surface area contributed by atoms with Crippen LogP contribution >= 0.6 is 103 Å². The maximum Gasteiger partial charge on any atom is 0.132 e. The SMILES string of the molecule is Clc1ccc(OCCCCOc2ccc(Cl)cc2I)c(I)c1.Oc1ccc(Cl)cc1I. The molecule has 0 saturated heterocycles. The van der Waals surface area contributed by atoms with Crippen LogP contribution in [0.1, 0.15) is 12.8 Å². The highest BCUT2D eigenvalue weighted by atomic mass is 127. The van der Waals surface area contributed by atoms with Gasteiger partial charge in [0.25, 0.3) is 0 Å². The molecule has 0 unspecified atom stereocenters. The molecule has 1 N–H and O–H groups in total. The maximum atomic E-state index is 8.98. The third-order valence-corrected chi connectivity index (χ3v) is 7.01. The average molecular weight is 817 g/mol. The number of unbranched alkanes of at least 4 members (excludes halogenated alkanes) is 1. The lowest BCUT2D eigenvalue weighted by atomic mass is 10.3. The van der Waals surface area contributed by atoms with Crippen molar-refractivity contribution in [1.82, 2.24) is 0 Å². The van der Waals surface area contributed by atoms with Crippen LogP contribution in [-0.2, 0) is 0 Å². The molecule has 3 nitrogen and oxygen atoms in total. The van der Waals surface area contributed by atoms with E-state index in [9.17, 15) is 0 Å². The minimum Gasteiger partial charge on any atom is -0.507 e. The van der Waals surface area contributed by atoms with Crippen molar-refractivity contribution in [2.24, 2.45) is 0 Å². The summed E-state index contributed by atoms with van der Waals surface area (Å²) >= 11 is 23.9. The summed E-state index contributed by atoms with van der Waals surface area (Å²) in [4.78, 5) is 0. The lowest BCUT2D eigenvalue weighted by molar-refractivity contribution is 0.264. The predicted octanol–water partition coefficient (Wildman–Crippen LogP) is 9.09. The van der Waals surface area contributed by atoms with Crippen LogP contribution in [-0.4, -0.2) is 18.3 Å². The molecule has 166 valence electrons. The zero-order valence-electron chi connectivity index (χ0n) is 16.1. The Morgan fingerprint density at radius 3 is 1.35 bits per heavy atom. The van der Waals surface area contributed by atoms with Crippen molar-refractivity contribution in [2.75, 3.05) is 13.2 Å². The molecule has 0 fully saturated rings. The van der Waals surface area contributed by atoms with E-state index in [1.54, 1.807) is 18.2 Å². The minimum atomic E-state index is 0.278. The Balaban J connectivity index is 0.000000316. The first-order valence-electron chi connectivity index (χ1n) is 9.06. The molecule has 0 atom stereocenters. The molecule has 0 bridgehead atoms. The molecule has 0 radical (unpaired) electrons. The molecule has 0 aliphatic heterocycles. The first kappa shape index (κ1) is 27.4. The van der Waals surface area contributed by atoms with Crippen LogP contribution in [0.25, 0.3) is 0 Å². The van der Waals surface area contributed by atoms with Crippen LogP contribution in [0.15, 0.2) is 54.6 Å². The quantitative estimate of drug-likeness (QED) is 0.191. The monoisotopic (exact) mass is 816 g/mol. The number of rotatable bonds is 7. The van der Waals surface area contributed by atoms with Crippen molar-refractivity contribution in [3.8, 4) is 17.2 Å². The van der Waals surface area contributed by atoms with Gasteiger partial charge in [0.05, 0.1) is 23.9 Å². The number of phenolic OH excluding ortho intramolecular Hbond substituents is 1. The van der Waals surface area contributed by atoms with E-state index in [0.717, 1.165) is 45.1 Å². The fourth-order valence-electron chi connectivity index (χ4n) is 2.23. The van der Waals surface area contributed by atoms with Gasteiger partial charge in [-0.15, -0.1) is 0 Å². The molecule has 0 saturated carbocycles. The molecule has 0 aromatic heterocycles. The van der Waals surface area contributed by atoms with E-state index in [4.69, 9.17) is 49.4 Å². The molecule has 0 aliphatic rings. The summed E-state index contributed by atoms with van der Waals surface area (Å²) in [5, 5.41) is 11.1. The van der Waals surface area contributed by atoms with E-state index in [2.05, 4.69) is 45.2 Å². The van der Waals surface area contributed by atoms with E-state index >= 15 is 0 Å². The van der Waals surface area contributed by atoms with E-state index in [0.29, 0.717) is 18.2 Å². The van der Waals surface area contributed by atoms with Gasteiger partial charge in [0, 0.05) is 15.1 Å². The third kappa shape index (κ3) is 10.3. The highest BCUT2D eigenvalue weighted by Crippen LogP contribution is 2.26. The van der Waals surface area contributed by atoms with Gasteiger partial charge < -0.3 is 14.6 Å².